The maximum Gasteiger partial charge on any atom is 0.149 e. The fourth-order valence-electron chi connectivity index (χ4n) is 3.69. The number of aromatic nitrogens is 2. The number of hydrogen-bond acceptors (Lipinski definition) is 4. The van der Waals surface area contributed by atoms with Gasteiger partial charge in [-0.25, -0.2) is 4.98 Å². The fourth-order valence-corrected chi connectivity index (χ4v) is 4.66. The SMILES string of the molecule is Cc1nc2[nH]c(C)c(CN3CC4(CCOCC4)C3)c2s1. The maximum absolute atomic E-state index is 5.49. The van der Waals surface area contributed by atoms with Crippen molar-refractivity contribution >= 4 is 21.7 Å². The number of H-pyrrole nitrogens is 1. The van der Waals surface area contributed by atoms with E-state index in [4.69, 9.17) is 4.74 Å². The summed E-state index contributed by atoms with van der Waals surface area (Å²) in [4.78, 5) is 10.6. The van der Waals surface area contributed by atoms with Gasteiger partial charge in [-0.05, 0) is 26.7 Å². The van der Waals surface area contributed by atoms with Crippen molar-refractivity contribution in [1.29, 1.82) is 0 Å². The molecular formula is C15H21N3OS. The van der Waals surface area contributed by atoms with Gasteiger partial charge in [0.2, 0.25) is 0 Å². The van der Waals surface area contributed by atoms with Gasteiger partial charge in [0.05, 0.1) is 9.71 Å². The van der Waals surface area contributed by atoms with Crippen LogP contribution in [0.2, 0.25) is 0 Å². The summed E-state index contributed by atoms with van der Waals surface area (Å²) in [6, 6.07) is 0. The van der Waals surface area contributed by atoms with E-state index in [9.17, 15) is 0 Å². The first-order chi connectivity index (χ1) is 9.65. The first-order valence-corrected chi connectivity index (χ1v) is 8.22. The second kappa shape index (κ2) is 4.55. The number of aryl methyl sites for hydroxylation is 2. The number of ether oxygens (including phenoxy) is 1. The molecule has 20 heavy (non-hydrogen) atoms. The average molecular weight is 291 g/mol. The quantitative estimate of drug-likeness (QED) is 0.925. The zero-order chi connectivity index (χ0) is 13.7. The lowest BCUT2D eigenvalue weighted by Crippen LogP contribution is -2.57. The van der Waals surface area contributed by atoms with Crippen LogP contribution < -0.4 is 0 Å². The van der Waals surface area contributed by atoms with E-state index in [0.717, 1.165) is 30.4 Å². The zero-order valence-electron chi connectivity index (χ0n) is 12.2. The third-order valence-corrected chi connectivity index (χ3v) is 5.85. The molecule has 0 radical (unpaired) electrons. The van der Waals surface area contributed by atoms with Gasteiger partial charge in [0, 0.05) is 49.5 Å². The average Bonchev–Trinajstić information content (AvgIpc) is 2.86. The van der Waals surface area contributed by atoms with Crippen LogP contribution >= 0.6 is 11.3 Å². The van der Waals surface area contributed by atoms with Crippen LogP contribution in [0, 0.1) is 19.3 Å². The third kappa shape index (κ3) is 2.00. The Morgan fingerprint density at radius 3 is 2.80 bits per heavy atom. The van der Waals surface area contributed by atoms with Gasteiger partial charge in [-0.2, -0.15) is 0 Å². The Balaban J connectivity index is 1.50. The fraction of sp³-hybridized carbons (Fsp3) is 0.667. The molecule has 2 aliphatic rings. The summed E-state index contributed by atoms with van der Waals surface area (Å²) in [5.41, 5.74) is 4.37. The van der Waals surface area contributed by atoms with E-state index in [1.54, 1.807) is 0 Å². The smallest absolute Gasteiger partial charge is 0.149 e. The second-order valence-electron chi connectivity index (χ2n) is 6.40. The van der Waals surface area contributed by atoms with E-state index >= 15 is 0 Å². The number of rotatable bonds is 2. The highest BCUT2D eigenvalue weighted by molar-refractivity contribution is 7.18. The third-order valence-electron chi connectivity index (χ3n) is 4.82. The van der Waals surface area contributed by atoms with E-state index in [1.807, 2.05) is 11.3 Å². The second-order valence-corrected chi connectivity index (χ2v) is 7.60. The molecular weight excluding hydrogens is 270 g/mol. The Kier molecular flexibility index (Phi) is 2.91. The molecule has 0 bridgehead atoms. The van der Waals surface area contributed by atoms with Gasteiger partial charge in [-0.15, -0.1) is 11.3 Å². The Bertz CT molecular complexity index is 631. The highest BCUT2D eigenvalue weighted by atomic mass is 32.1. The molecule has 2 fully saturated rings. The maximum atomic E-state index is 5.49. The Morgan fingerprint density at radius 1 is 1.30 bits per heavy atom. The lowest BCUT2D eigenvalue weighted by atomic mass is 9.73. The highest BCUT2D eigenvalue weighted by Gasteiger charge is 2.43. The van der Waals surface area contributed by atoms with Crippen molar-refractivity contribution in [3.05, 3.63) is 16.3 Å². The highest BCUT2D eigenvalue weighted by Crippen LogP contribution is 2.41. The molecule has 0 aromatic carbocycles. The van der Waals surface area contributed by atoms with Crippen molar-refractivity contribution in [2.75, 3.05) is 26.3 Å². The van der Waals surface area contributed by atoms with E-state index < -0.39 is 0 Å². The number of hydrogen-bond donors (Lipinski definition) is 1. The molecule has 2 aromatic rings. The van der Waals surface area contributed by atoms with Crippen LogP contribution in [0.4, 0.5) is 0 Å². The normalized spacial score (nSPS) is 22.5. The molecule has 5 heteroatoms. The largest absolute Gasteiger partial charge is 0.381 e. The van der Waals surface area contributed by atoms with Gasteiger partial charge in [0.25, 0.3) is 0 Å². The first kappa shape index (κ1) is 12.8. The molecule has 0 saturated carbocycles. The molecule has 2 aliphatic heterocycles. The topological polar surface area (TPSA) is 41.2 Å². The van der Waals surface area contributed by atoms with Crippen molar-refractivity contribution < 1.29 is 4.74 Å². The van der Waals surface area contributed by atoms with E-state index in [-0.39, 0.29) is 0 Å². The summed E-state index contributed by atoms with van der Waals surface area (Å²) in [5, 5.41) is 1.15. The molecule has 0 unspecified atom stereocenters. The zero-order valence-corrected chi connectivity index (χ0v) is 13.0. The Morgan fingerprint density at radius 2 is 2.05 bits per heavy atom. The predicted molar refractivity (Wildman–Crippen MR) is 81.2 cm³/mol. The molecule has 4 nitrogen and oxygen atoms in total. The van der Waals surface area contributed by atoms with Crippen LogP contribution in [-0.2, 0) is 11.3 Å². The van der Waals surface area contributed by atoms with Crippen LogP contribution in [0.5, 0.6) is 0 Å². The van der Waals surface area contributed by atoms with Crippen LogP contribution in [0.1, 0.15) is 29.1 Å². The molecule has 2 aromatic heterocycles. The molecule has 108 valence electrons. The number of likely N-dealkylation sites (tertiary alicyclic amines) is 1. The lowest BCUT2D eigenvalue weighted by molar-refractivity contribution is -0.0838. The van der Waals surface area contributed by atoms with Crippen LogP contribution in [-0.4, -0.2) is 41.2 Å². The van der Waals surface area contributed by atoms with Gasteiger partial charge in [-0.3, -0.25) is 4.90 Å². The van der Waals surface area contributed by atoms with E-state index in [1.165, 1.54) is 41.9 Å². The number of thiazole rings is 1. The summed E-state index contributed by atoms with van der Waals surface area (Å²) >= 11 is 1.81. The molecule has 1 spiro atoms. The number of nitrogens with one attached hydrogen (secondary N) is 1. The monoisotopic (exact) mass is 291 g/mol. The van der Waals surface area contributed by atoms with Crippen molar-refractivity contribution in [2.24, 2.45) is 5.41 Å². The van der Waals surface area contributed by atoms with Crippen molar-refractivity contribution in [3.63, 3.8) is 0 Å². The summed E-state index contributed by atoms with van der Waals surface area (Å²) in [7, 11) is 0. The number of nitrogens with zero attached hydrogens (tertiary/aromatic N) is 2. The van der Waals surface area contributed by atoms with Crippen molar-refractivity contribution in [3.8, 4) is 0 Å². The minimum Gasteiger partial charge on any atom is -0.381 e. The molecule has 0 aliphatic carbocycles. The number of aromatic amines is 1. The van der Waals surface area contributed by atoms with Gasteiger partial charge in [0.15, 0.2) is 0 Å². The van der Waals surface area contributed by atoms with Gasteiger partial charge in [0.1, 0.15) is 5.65 Å². The summed E-state index contributed by atoms with van der Waals surface area (Å²) in [5.74, 6) is 0. The lowest BCUT2D eigenvalue weighted by Gasteiger charge is -2.52. The van der Waals surface area contributed by atoms with Crippen molar-refractivity contribution in [2.45, 2.75) is 33.2 Å². The summed E-state index contributed by atoms with van der Waals surface area (Å²) in [6.45, 7) is 9.70. The van der Waals surface area contributed by atoms with Crippen LogP contribution in [0.15, 0.2) is 0 Å². The molecule has 0 atom stereocenters. The standard InChI is InChI=1S/C15H21N3OS/c1-10-12(13-14(16-10)17-11(2)20-13)7-18-8-15(9-18)3-5-19-6-4-15/h16H,3-9H2,1-2H3. The first-order valence-electron chi connectivity index (χ1n) is 7.40. The molecule has 4 heterocycles. The van der Waals surface area contributed by atoms with Gasteiger partial charge in [-0.1, -0.05) is 0 Å². The molecule has 0 amide bonds. The molecule has 4 rings (SSSR count). The summed E-state index contributed by atoms with van der Waals surface area (Å²) < 4.78 is 6.85. The van der Waals surface area contributed by atoms with Crippen LogP contribution in [0.25, 0.3) is 10.3 Å². The minimum absolute atomic E-state index is 0.561. The van der Waals surface area contributed by atoms with Crippen LogP contribution in [0.3, 0.4) is 0 Å². The number of fused-ring (bicyclic) bond motifs is 1. The Hall–Kier alpha value is -0.910. The van der Waals surface area contributed by atoms with Gasteiger partial charge < -0.3 is 9.72 Å². The predicted octanol–water partition coefficient (Wildman–Crippen LogP) is 2.85. The summed E-state index contributed by atoms with van der Waals surface area (Å²) in [6.07, 6.45) is 2.48. The van der Waals surface area contributed by atoms with Crippen molar-refractivity contribution in [1.82, 2.24) is 14.9 Å². The van der Waals surface area contributed by atoms with E-state index in [0.29, 0.717) is 5.41 Å². The minimum atomic E-state index is 0.561. The molecule has 1 N–H and O–H groups in total. The molecule has 2 saturated heterocycles. The van der Waals surface area contributed by atoms with Gasteiger partial charge >= 0.3 is 0 Å². The van der Waals surface area contributed by atoms with E-state index in [2.05, 4.69) is 28.7 Å². The Labute approximate surface area is 123 Å².